The number of halogens is 1. The van der Waals surface area contributed by atoms with Gasteiger partial charge in [-0.05, 0) is 48.4 Å². The zero-order chi connectivity index (χ0) is 21.0. The largest absolute Gasteiger partial charge is 0.478 e. The van der Waals surface area contributed by atoms with Crippen LogP contribution >= 0.6 is 0 Å². The van der Waals surface area contributed by atoms with E-state index in [0.717, 1.165) is 16.8 Å². The number of rotatable bonds is 6. The zero-order valence-corrected chi connectivity index (χ0v) is 16.1. The molecule has 0 radical (unpaired) electrons. The minimum Gasteiger partial charge on any atom is -0.478 e. The molecule has 1 aliphatic rings. The van der Waals surface area contributed by atoms with Crippen molar-refractivity contribution in [3.63, 3.8) is 0 Å². The van der Waals surface area contributed by atoms with Gasteiger partial charge in [0, 0.05) is 18.7 Å². The number of aryl methyl sites for hydroxylation is 1. The number of nitrogens with one attached hydrogen (secondary N) is 1. The van der Waals surface area contributed by atoms with E-state index in [-0.39, 0.29) is 12.3 Å². The quantitative estimate of drug-likeness (QED) is 0.785. The number of nitrogens with two attached hydrogens (primary N) is 1. The first-order valence-corrected chi connectivity index (χ1v) is 8.89. The normalized spacial score (nSPS) is 13.2. The Kier molecular flexibility index (Phi) is 5.79. The first-order chi connectivity index (χ1) is 13.9. The van der Waals surface area contributed by atoms with Crippen LogP contribution in [0.3, 0.4) is 0 Å². The molecule has 0 aromatic heterocycles. The van der Waals surface area contributed by atoms with Crippen molar-refractivity contribution >= 4 is 17.3 Å². The van der Waals surface area contributed by atoms with Gasteiger partial charge in [0.05, 0.1) is 17.9 Å². The van der Waals surface area contributed by atoms with Crippen molar-refractivity contribution in [3.8, 4) is 22.9 Å². The molecule has 1 heterocycles. The van der Waals surface area contributed by atoms with E-state index in [4.69, 9.17) is 15.7 Å². The van der Waals surface area contributed by atoms with E-state index in [1.807, 2.05) is 37.3 Å². The van der Waals surface area contributed by atoms with Gasteiger partial charge in [-0.15, -0.1) is 0 Å². The molecule has 0 atom stereocenters. The average molecular weight is 393 g/mol. The van der Waals surface area contributed by atoms with Crippen molar-refractivity contribution in [3.05, 3.63) is 59.6 Å². The van der Waals surface area contributed by atoms with E-state index in [2.05, 4.69) is 10.4 Å². The Labute approximate surface area is 167 Å². The molecule has 3 N–H and O–H groups in total. The summed E-state index contributed by atoms with van der Waals surface area (Å²) in [7, 11) is 1.70. The van der Waals surface area contributed by atoms with E-state index in [0.29, 0.717) is 23.6 Å². The molecule has 0 saturated carbocycles. The van der Waals surface area contributed by atoms with Crippen molar-refractivity contribution < 1.29 is 13.9 Å². The smallest absolute Gasteiger partial charge is 0.271 e. The molecule has 29 heavy (non-hydrogen) atoms. The van der Waals surface area contributed by atoms with Gasteiger partial charge in [0.15, 0.2) is 12.3 Å². The fourth-order valence-corrected chi connectivity index (χ4v) is 3.11. The first kappa shape index (κ1) is 19.9. The average Bonchev–Trinajstić information content (AvgIpc) is 2.72. The molecule has 148 valence electrons. The highest BCUT2D eigenvalue weighted by atomic mass is 19.1. The molecule has 8 heteroatoms. The number of hydrogen-bond acceptors (Lipinski definition) is 6. The lowest BCUT2D eigenvalue weighted by Gasteiger charge is -2.25. The second-order valence-corrected chi connectivity index (χ2v) is 6.35. The lowest BCUT2D eigenvalue weighted by Crippen LogP contribution is -2.37. The van der Waals surface area contributed by atoms with E-state index < -0.39 is 11.7 Å². The van der Waals surface area contributed by atoms with Crippen LogP contribution < -0.4 is 20.8 Å². The number of carbonyl (C=O) groups is 1. The maximum absolute atomic E-state index is 13.6. The van der Waals surface area contributed by atoms with Crippen molar-refractivity contribution in [1.29, 1.82) is 5.26 Å². The molecule has 7 nitrogen and oxygen atoms in total. The van der Waals surface area contributed by atoms with E-state index >= 15 is 0 Å². The number of anilines is 1. The molecule has 2 aromatic carbocycles. The molecule has 0 fully saturated rings. The lowest BCUT2D eigenvalue weighted by atomic mass is 9.99. The molecule has 0 saturated heterocycles. The zero-order valence-electron chi connectivity index (χ0n) is 16.1. The van der Waals surface area contributed by atoms with Crippen molar-refractivity contribution in [2.45, 2.75) is 6.92 Å². The highest BCUT2D eigenvalue weighted by Crippen LogP contribution is 2.35. The number of benzene rings is 2. The monoisotopic (exact) mass is 393 g/mol. The number of primary amides is 1. The summed E-state index contributed by atoms with van der Waals surface area (Å²) in [5.41, 5.74) is 9.37. The summed E-state index contributed by atoms with van der Waals surface area (Å²) in [6.45, 7) is 2.21. The third-order valence-electron chi connectivity index (χ3n) is 4.48. The van der Waals surface area contributed by atoms with Crippen LogP contribution in [0.1, 0.15) is 5.56 Å². The van der Waals surface area contributed by atoms with Gasteiger partial charge in [-0.25, -0.2) is 4.39 Å². The summed E-state index contributed by atoms with van der Waals surface area (Å²) < 4.78 is 19.0. The van der Waals surface area contributed by atoms with E-state index in [1.165, 1.54) is 12.1 Å². The lowest BCUT2D eigenvalue weighted by molar-refractivity contribution is -0.112. The van der Waals surface area contributed by atoms with Gasteiger partial charge in [0.1, 0.15) is 17.6 Å². The van der Waals surface area contributed by atoms with Crippen molar-refractivity contribution in [2.75, 3.05) is 25.2 Å². The van der Waals surface area contributed by atoms with Crippen molar-refractivity contribution in [2.24, 2.45) is 10.8 Å². The standard InChI is InChI=1S/C21H20FN5O2/c1-13-11-15(27-9-7-18(25-2)20(26-27)21(24)28)4-6-16(13)17-5-3-14(22)12-19(17)29-10-8-23/h3-7,11-12,25H,9-10H2,1-2H3,(H2,24,28). The maximum Gasteiger partial charge on any atom is 0.271 e. The number of amides is 1. The van der Waals surface area contributed by atoms with Gasteiger partial charge in [0.2, 0.25) is 0 Å². The summed E-state index contributed by atoms with van der Waals surface area (Å²) in [5, 5.41) is 17.7. The fourth-order valence-electron chi connectivity index (χ4n) is 3.11. The first-order valence-electron chi connectivity index (χ1n) is 8.89. The number of ether oxygens (including phenoxy) is 1. The molecular formula is C21H20FN5O2. The van der Waals surface area contributed by atoms with Crippen LogP contribution in [-0.4, -0.2) is 31.8 Å². The summed E-state index contributed by atoms with van der Waals surface area (Å²) >= 11 is 0. The topological polar surface area (TPSA) is 104 Å². The fraction of sp³-hybridized carbons (Fsp3) is 0.190. The van der Waals surface area contributed by atoms with Gasteiger partial charge in [-0.3, -0.25) is 9.80 Å². The molecule has 1 amide bonds. The second kappa shape index (κ2) is 8.44. The summed E-state index contributed by atoms with van der Waals surface area (Å²) in [6, 6.07) is 11.7. The number of nitrogens with zero attached hydrogens (tertiary/aromatic N) is 3. The Morgan fingerprint density at radius 3 is 2.76 bits per heavy atom. The number of carbonyl (C=O) groups excluding carboxylic acids is 1. The van der Waals surface area contributed by atoms with Crippen LogP contribution in [0.4, 0.5) is 10.1 Å². The molecule has 0 aliphatic carbocycles. The Bertz CT molecular complexity index is 1060. The predicted octanol–water partition coefficient (Wildman–Crippen LogP) is 2.47. The summed E-state index contributed by atoms with van der Waals surface area (Å²) in [6.07, 6.45) is 1.84. The molecular weight excluding hydrogens is 373 g/mol. The second-order valence-electron chi connectivity index (χ2n) is 6.35. The molecule has 3 rings (SSSR count). The van der Waals surface area contributed by atoms with Crippen LogP contribution in [0.5, 0.6) is 5.75 Å². The van der Waals surface area contributed by atoms with E-state index in [1.54, 1.807) is 18.1 Å². The van der Waals surface area contributed by atoms with Crippen LogP contribution in [0.25, 0.3) is 11.1 Å². The van der Waals surface area contributed by atoms with Gasteiger partial charge in [-0.1, -0.05) is 6.07 Å². The van der Waals surface area contributed by atoms with E-state index in [9.17, 15) is 9.18 Å². The molecule has 2 aromatic rings. The van der Waals surface area contributed by atoms with Gasteiger partial charge in [0.25, 0.3) is 5.91 Å². The third kappa shape index (κ3) is 4.19. The minimum atomic E-state index is -0.616. The highest BCUT2D eigenvalue weighted by molar-refractivity contribution is 6.45. The minimum absolute atomic E-state index is 0.159. The Morgan fingerprint density at radius 1 is 1.34 bits per heavy atom. The molecule has 0 unspecified atom stereocenters. The predicted molar refractivity (Wildman–Crippen MR) is 109 cm³/mol. The van der Waals surface area contributed by atoms with Crippen molar-refractivity contribution in [1.82, 2.24) is 5.32 Å². The van der Waals surface area contributed by atoms with Crippen LogP contribution in [0.2, 0.25) is 0 Å². The molecule has 0 spiro atoms. The van der Waals surface area contributed by atoms with Crippen LogP contribution in [-0.2, 0) is 4.79 Å². The highest BCUT2D eigenvalue weighted by Gasteiger charge is 2.20. The third-order valence-corrected chi connectivity index (χ3v) is 4.48. The van der Waals surface area contributed by atoms with Gasteiger partial charge >= 0.3 is 0 Å². The molecule has 0 bridgehead atoms. The Hall–Kier alpha value is -3.86. The maximum atomic E-state index is 13.6. The van der Waals surface area contributed by atoms with Crippen LogP contribution in [0, 0.1) is 24.1 Å². The molecule has 1 aliphatic heterocycles. The van der Waals surface area contributed by atoms with Crippen LogP contribution in [0.15, 0.2) is 53.3 Å². The number of nitriles is 1. The van der Waals surface area contributed by atoms with Gasteiger partial charge < -0.3 is 15.8 Å². The number of hydrogen-bond donors (Lipinski definition) is 2. The SMILES string of the molecule is CNC1=CCN(c2ccc(-c3ccc(F)cc3OCC#N)c(C)c2)N=C1C(N)=O. The van der Waals surface area contributed by atoms with Gasteiger partial charge in [-0.2, -0.15) is 10.4 Å². The summed E-state index contributed by atoms with van der Waals surface area (Å²) in [5.74, 6) is -0.755. The number of hydrazone groups is 1. The Morgan fingerprint density at radius 2 is 2.10 bits per heavy atom. The Balaban J connectivity index is 1.96. The summed E-state index contributed by atoms with van der Waals surface area (Å²) in [4.78, 5) is 11.7.